The maximum atomic E-state index is 6.10. The van der Waals surface area contributed by atoms with Gasteiger partial charge in [0.2, 0.25) is 0 Å². The van der Waals surface area contributed by atoms with Gasteiger partial charge in [-0.3, -0.25) is 4.99 Å². The zero-order valence-electron chi connectivity index (χ0n) is 15.7. The molecule has 4 nitrogen and oxygen atoms in total. The van der Waals surface area contributed by atoms with Crippen LogP contribution in [0, 0.1) is 11.8 Å². The van der Waals surface area contributed by atoms with Crippen LogP contribution in [-0.2, 0) is 4.74 Å². The Balaban J connectivity index is 1.53. The molecular formula is C21H33N3O. The Morgan fingerprint density at radius 1 is 1.12 bits per heavy atom. The number of aliphatic imine (C=N–C) groups is 1. The van der Waals surface area contributed by atoms with Gasteiger partial charge in [-0.05, 0) is 50.0 Å². The zero-order chi connectivity index (χ0) is 17.5. The number of hydrogen-bond donors (Lipinski definition) is 2. The molecule has 2 N–H and O–H groups in total. The van der Waals surface area contributed by atoms with Crippen LogP contribution in [0.3, 0.4) is 0 Å². The topological polar surface area (TPSA) is 45.7 Å². The van der Waals surface area contributed by atoms with E-state index in [-0.39, 0.29) is 6.10 Å². The van der Waals surface area contributed by atoms with E-state index in [4.69, 9.17) is 4.74 Å². The SMILES string of the molecule is CN=C(NCC1CCCOC1c1ccccc1)NC1CCC(C)CC1. The molecule has 1 heterocycles. The minimum atomic E-state index is 0.191. The Hall–Kier alpha value is -1.55. The molecule has 1 aliphatic heterocycles. The molecule has 0 radical (unpaired) electrons. The van der Waals surface area contributed by atoms with Crippen LogP contribution in [0.1, 0.15) is 57.1 Å². The van der Waals surface area contributed by atoms with Crippen molar-refractivity contribution in [2.24, 2.45) is 16.8 Å². The van der Waals surface area contributed by atoms with Crippen LogP contribution in [-0.4, -0.2) is 32.2 Å². The summed E-state index contributed by atoms with van der Waals surface area (Å²) < 4.78 is 6.10. The number of benzene rings is 1. The normalized spacial score (nSPS) is 30.7. The molecule has 0 spiro atoms. The average molecular weight is 344 g/mol. The van der Waals surface area contributed by atoms with Crippen LogP contribution in [0.5, 0.6) is 0 Å². The van der Waals surface area contributed by atoms with Gasteiger partial charge in [-0.25, -0.2) is 0 Å². The summed E-state index contributed by atoms with van der Waals surface area (Å²) in [5.41, 5.74) is 1.29. The zero-order valence-corrected chi connectivity index (χ0v) is 15.7. The van der Waals surface area contributed by atoms with E-state index < -0.39 is 0 Å². The largest absolute Gasteiger partial charge is 0.373 e. The molecule has 1 saturated heterocycles. The number of hydrogen-bond acceptors (Lipinski definition) is 2. The molecule has 0 amide bonds. The van der Waals surface area contributed by atoms with E-state index in [9.17, 15) is 0 Å². The van der Waals surface area contributed by atoms with Crippen molar-refractivity contribution in [2.75, 3.05) is 20.2 Å². The first-order valence-corrected chi connectivity index (χ1v) is 9.90. The van der Waals surface area contributed by atoms with E-state index >= 15 is 0 Å². The molecule has 2 aliphatic rings. The molecule has 2 atom stereocenters. The third-order valence-corrected chi connectivity index (χ3v) is 5.68. The third kappa shape index (κ3) is 5.21. The van der Waals surface area contributed by atoms with Crippen LogP contribution in [0.15, 0.2) is 35.3 Å². The highest BCUT2D eigenvalue weighted by molar-refractivity contribution is 5.79. The lowest BCUT2D eigenvalue weighted by atomic mass is 9.87. The number of rotatable bonds is 4. The van der Waals surface area contributed by atoms with Gasteiger partial charge in [-0.1, -0.05) is 37.3 Å². The smallest absolute Gasteiger partial charge is 0.191 e. The molecule has 4 heteroatoms. The first-order valence-electron chi connectivity index (χ1n) is 9.90. The maximum Gasteiger partial charge on any atom is 0.191 e. The van der Waals surface area contributed by atoms with Crippen molar-refractivity contribution in [2.45, 2.75) is 57.6 Å². The van der Waals surface area contributed by atoms with Gasteiger partial charge < -0.3 is 15.4 Å². The van der Waals surface area contributed by atoms with E-state index in [0.29, 0.717) is 12.0 Å². The monoisotopic (exact) mass is 343 g/mol. The highest BCUT2D eigenvalue weighted by Gasteiger charge is 2.27. The first kappa shape index (κ1) is 18.2. The quantitative estimate of drug-likeness (QED) is 0.644. The highest BCUT2D eigenvalue weighted by atomic mass is 16.5. The Morgan fingerprint density at radius 2 is 1.88 bits per heavy atom. The van der Waals surface area contributed by atoms with Crippen molar-refractivity contribution < 1.29 is 4.74 Å². The highest BCUT2D eigenvalue weighted by Crippen LogP contribution is 2.33. The van der Waals surface area contributed by atoms with Crippen molar-refractivity contribution in [1.82, 2.24) is 10.6 Å². The Labute approximate surface area is 152 Å². The number of guanidine groups is 1. The van der Waals surface area contributed by atoms with Crippen molar-refractivity contribution >= 4 is 5.96 Å². The van der Waals surface area contributed by atoms with E-state index in [2.05, 4.69) is 52.9 Å². The Morgan fingerprint density at radius 3 is 2.60 bits per heavy atom. The molecule has 0 bridgehead atoms. The van der Waals surface area contributed by atoms with Gasteiger partial charge in [0.25, 0.3) is 0 Å². The summed E-state index contributed by atoms with van der Waals surface area (Å²) in [6.45, 7) is 4.13. The van der Waals surface area contributed by atoms with E-state index in [0.717, 1.165) is 31.4 Å². The summed E-state index contributed by atoms with van der Waals surface area (Å²) in [5.74, 6) is 2.30. The molecule has 0 aromatic heterocycles. The standard InChI is InChI=1S/C21H33N3O/c1-16-10-12-19(13-11-16)24-21(22-2)23-15-18-9-6-14-25-20(18)17-7-4-3-5-8-17/h3-5,7-8,16,18-20H,6,9-15H2,1-2H3,(H2,22,23,24). The van der Waals surface area contributed by atoms with E-state index in [1.54, 1.807) is 0 Å². The molecule has 138 valence electrons. The minimum absolute atomic E-state index is 0.191. The fraction of sp³-hybridized carbons (Fsp3) is 0.667. The summed E-state index contributed by atoms with van der Waals surface area (Å²) >= 11 is 0. The van der Waals surface area contributed by atoms with Gasteiger partial charge in [-0.15, -0.1) is 0 Å². The second-order valence-corrected chi connectivity index (χ2v) is 7.66. The lowest BCUT2D eigenvalue weighted by Gasteiger charge is -2.33. The Kier molecular flexibility index (Phi) is 6.74. The fourth-order valence-corrected chi connectivity index (χ4v) is 4.08. The number of nitrogens with zero attached hydrogens (tertiary/aromatic N) is 1. The predicted molar refractivity (Wildman–Crippen MR) is 104 cm³/mol. The lowest BCUT2D eigenvalue weighted by molar-refractivity contribution is -0.0265. The van der Waals surface area contributed by atoms with E-state index in [1.807, 2.05) is 7.05 Å². The second-order valence-electron chi connectivity index (χ2n) is 7.66. The molecule has 2 unspecified atom stereocenters. The van der Waals surface area contributed by atoms with Crippen LogP contribution in [0.2, 0.25) is 0 Å². The molecule has 25 heavy (non-hydrogen) atoms. The second kappa shape index (κ2) is 9.23. The lowest BCUT2D eigenvalue weighted by Crippen LogP contribution is -2.46. The number of nitrogens with one attached hydrogen (secondary N) is 2. The summed E-state index contributed by atoms with van der Waals surface area (Å²) in [6.07, 6.45) is 7.67. The molecule has 1 aromatic rings. The first-order chi connectivity index (χ1) is 12.3. The minimum Gasteiger partial charge on any atom is -0.373 e. The predicted octanol–water partition coefficient (Wildman–Crippen LogP) is 3.90. The molecule has 1 aromatic carbocycles. The van der Waals surface area contributed by atoms with Crippen LogP contribution >= 0.6 is 0 Å². The third-order valence-electron chi connectivity index (χ3n) is 5.68. The van der Waals surface area contributed by atoms with Gasteiger partial charge >= 0.3 is 0 Å². The molecule has 1 saturated carbocycles. The van der Waals surface area contributed by atoms with Gasteiger partial charge in [0.1, 0.15) is 0 Å². The molecule has 2 fully saturated rings. The molecule has 3 rings (SSSR count). The van der Waals surface area contributed by atoms with Crippen LogP contribution < -0.4 is 10.6 Å². The summed E-state index contributed by atoms with van der Waals surface area (Å²) in [7, 11) is 1.87. The maximum absolute atomic E-state index is 6.10. The molecular weight excluding hydrogens is 310 g/mol. The summed E-state index contributed by atoms with van der Waals surface area (Å²) in [4.78, 5) is 4.44. The average Bonchev–Trinajstić information content (AvgIpc) is 2.67. The van der Waals surface area contributed by atoms with Gasteiger partial charge in [0, 0.05) is 32.2 Å². The van der Waals surface area contributed by atoms with Crippen molar-refractivity contribution in [3.8, 4) is 0 Å². The van der Waals surface area contributed by atoms with Gasteiger partial charge in [0.15, 0.2) is 5.96 Å². The Bertz CT molecular complexity index is 537. The summed E-state index contributed by atoms with van der Waals surface area (Å²) in [5, 5.41) is 7.17. The number of ether oxygens (including phenoxy) is 1. The van der Waals surface area contributed by atoms with Crippen molar-refractivity contribution in [1.29, 1.82) is 0 Å². The summed E-state index contributed by atoms with van der Waals surface area (Å²) in [6, 6.07) is 11.2. The van der Waals surface area contributed by atoms with Crippen LogP contribution in [0.4, 0.5) is 0 Å². The van der Waals surface area contributed by atoms with Gasteiger partial charge in [0.05, 0.1) is 6.10 Å². The fourth-order valence-electron chi connectivity index (χ4n) is 4.08. The van der Waals surface area contributed by atoms with Crippen molar-refractivity contribution in [3.63, 3.8) is 0 Å². The molecule has 1 aliphatic carbocycles. The van der Waals surface area contributed by atoms with Gasteiger partial charge in [-0.2, -0.15) is 0 Å². The van der Waals surface area contributed by atoms with Crippen molar-refractivity contribution in [3.05, 3.63) is 35.9 Å². The van der Waals surface area contributed by atoms with E-state index in [1.165, 1.54) is 37.7 Å². The van der Waals surface area contributed by atoms with Crippen LogP contribution in [0.25, 0.3) is 0 Å².